The van der Waals surface area contributed by atoms with Gasteiger partial charge in [0.2, 0.25) is 0 Å². The van der Waals surface area contributed by atoms with Gasteiger partial charge in [0.25, 0.3) is 5.90 Å². The fourth-order valence-corrected chi connectivity index (χ4v) is 0.736. The quantitative estimate of drug-likeness (QED) is 0.538. The molecule has 0 aliphatic carbocycles. The maximum atomic E-state index is 11.8. The standard InChI is InChI=1S/C6H8F3NO/c1-5(2)3-10-4(11-5)6(7,8)9/h3H2,1-2H3. The van der Waals surface area contributed by atoms with Crippen molar-refractivity contribution in [1.82, 2.24) is 0 Å². The highest BCUT2D eigenvalue weighted by molar-refractivity contribution is 5.83. The van der Waals surface area contributed by atoms with Crippen molar-refractivity contribution in [2.45, 2.75) is 25.6 Å². The molecule has 64 valence electrons. The molecule has 0 N–H and O–H groups in total. The lowest BCUT2D eigenvalue weighted by Crippen LogP contribution is -2.30. The summed E-state index contributed by atoms with van der Waals surface area (Å²) in [5, 5.41) is 0. The van der Waals surface area contributed by atoms with E-state index in [2.05, 4.69) is 9.73 Å². The highest BCUT2D eigenvalue weighted by atomic mass is 19.4. The van der Waals surface area contributed by atoms with Gasteiger partial charge in [0.05, 0.1) is 6.54 Å². The predicted octanol–water partition coefficient (Wildman–Crippen LogP) is 1.76. The molecule has 0 radical (unpaired) electrons. The Kier molecular flexibility index (Phi) is 1.61. The minimum atomic E-state index is -4.44. The molecule has 5 heteroatoms. The Morgan fingerprint density at radius 2 is 2.00 bits per heavy atom. The van der Waals surface area contributed by atoms with Gasteiger partial charge in [0, 0.05) is 0 Å². The van der Waals surface area contributed by atoms with E-state index >= 15 is 0 Å². The van der Waals surface area contributed by atoms with Gasteiger partial charge in [0.15, 0.2) is 0 Å². The summed E-state index contributed by atoms with van der Waals surface area (Å²) in [5.41, 5.74) is -0.801. The SMILES string of the molecule is CC1(C)CN=C(C(F)(F)F)O1. The van der Waals surface area contributed by atoms with E-state index in [-0.39, 0.29) is 6.54 Å². The number of aliphatic imine (C=N–C) groups is 1. The molecular formula is C6H8F3NO. The van der Waals surface area contributed by atoms with E-state index in [0.717, 1.165) is 0 Å². The molecule has 1 aliphatic heterocycles. The van der Waals surface area contributed by atoms with Gasteiger partial charge < -0.3 is 4.74 Å². The first kappa shape index (κ1) is 8.36. The normalized spacial score (nSPS) is 22.8. The van der Waals surface area contributed by atoms with Crippen LogP contribution in [0.2, 0.25) is 0 Å². The maximum Gasteiger partial charge on any atom is 0.468 e. The maximum absolute atomic E-state index is 11.8. The first-order valence-corrected chi connectivity index (χ1v) is 3.12. The predicted molar refractivity (Wildman–Crippen MR) is 33.5 cm³/mol. The Labute approximate surface area is 62.1 Å². The number of alkyl halides is 3. The van der Waals surface area contributed by atoms with Crippen LogP contribution >= 0.6 is 0 Å². The van der Waals surface area contributed by atoms with E-state index in [1.807, 2.05) is 0 Å². The molecule has 0 spiro atoms. The smallest absolute Gasteiger partial charge is 0.467 e. The Bertz CT molecular complexity index is 194. The molecule has 1 heterocycles. The average molecular weight is 167 g/mol. The number of nitrogens with zero attached hydrogens (tertiary/aromatic N) is 1. The molecule has 0 amide bonds. The molecule has 0 fully saturated rings. The van der Waals surface area contributed by atoms with Crippen molar-refractivity contribution in [3.63, 3.8) is 0 Å². The Morgan fingerprint density at radius 1 is 1.45 bits per heavy atom. The summed E-state index contributed by atoms with van der Waals surface area (Å²) < 4.78 is 40.1. The molecule has 1 aliphatic rings. The molecule has 0 saturated carbocycles. The third-order valence-electron chi connectivity index (χ3n) is 1.22. The highest BCUT2D eigenvalue weighted by Gasteiger charge is 2.44. The number of hydrogen-bond acceptors (Lipinski definition) is 2. The minimum absolute atomic E-state index is 0.0713. The van der Waals surface area contributed by atoms with E-state index in [9.17, 15) is 13.2 Å². The van der Waals surface area contributed by atoms with Crippen LogP contribution in [0.15, 0.2) is 4.99 Å². The fraction of sp³-hybridized carbons (Fsp3) is 0.833. The van der Waals surface area contributed by atoms with Gasteiger partial charge >= 0.3 is 6.18 Å². The molecule has 0 aromatic heterocycles. The van der Waals surface area contributed by atoms with Gasteiger partial charge in [-0.3, -0.25) is 0 Å². The lowest BCUT2D eigenvalue weighted by Gasteiger charge is -2.17. The van der Waals surface area contributed by atoms with Crippen LogP contribution in [-0.4, -0.2) is 24.2 Å². The van der Waals surface area contributed by atoms with Crippen LogP contribution in [0.5, 0.6) is 0 Å². The zero-order chi connectivity index (χ0) is 8.70. The summed E-state index contributed by atoms with van der Waals surface area (Å²) in [6.45, 7) is 3.20. The van der Waals surface area contributed by atoms with Crippen LogP contribution in [-0.2, 0) is 4.74 Å². The van der Waals surface area contributed by atoms with Gasteiger partial charge in [-0.25, -0.2) is 4.99 Å². The van der Waals surface area contributed by atoms with Crippen molar-refractivity contribution in [2.24, 2.45) is 4.99 Å². The van der Waals surface area contributed by atoms with E-state index in [1.165, 1.54) is 0 Å². The average Bonchev–Trinajstić information content (AvgIpc) is 2.07. The monoisotopic (exact) mass is 167 g/mol. The second kappa shape index (κ2) is 2.12. The fourth-order valence-electron chi connectivity index (χ4n) is 0.736. The van der Waals surface area contributed by atoms with E-state index in [1.54, 1.807) is 13.8 Å². The summed E-state index contributed by atoms with van der Waals surface area (Å²) in [7, 11) is 0. The molecule has 0 unspecified atom stereocenters. The molecular weight excluding hydrogens is 159 g/mol. The number of ether oxygens (including phenoxy) is 1. The van der Waals surface area contributed by atoms with Crippen LogP contribution in [0.3, 0.4) is 0 Å². The summed E-state index contributed by atoms with van der Waals surface area (Å²) in [6.07, 6.45) is -4.44. The van der Waals surface area contributed by atoms with Crippen LogP contribution in [0.25, 0.3) is 0 Å². The van der Waals surface area contributed by atoms with Crippen LogP contribution < -0.4 is 0 Å². The molecule has 1 rings (SSSR count). The molecule has 11 heavy (non-hydrogen) atoms. The summed E-state index contributed by atoms with van der Waals surface area (Å²) >= 11 is 0. The Hall–Kier alpha value is -0.740. The van der Waals surface area contributed by atoms with Crippen molar-refractivity contribution < 1.29 is 17.9 Å². The van der Waals surface area contributed by atoms with Gasteiger partial charge in [-0.2, -0.15) is 13.2 Å². The lowest BCUT2D eigenvalue weighted by molar-refractivity contribution is -0.0841. The van der Waals surface area contributed by atoms with Gasteiger partial charge in [0.1, 0.15) is 5.60 Å². The summed E-state index contributed by atoms with van der Waals surface area (Å²) in [5.74, 6) is -1.11. The first-order valence-electron chi connectivity index (χ1n) is 3.12. The lowest BCUT2D eigenvalue weighted by atomic mass is 10.1. The first-order chi connectivity index (χ1) is 4.81. The Morgan fingerprint density at radius 3 is 2.18 bits per heavy atom. The third kappa shape index (κ3) is 1.85. The van der Waals surface area contributed by atoms with Crippen LogP contribution in [0, 0.1) is 0 Å². The van der Waals surface area contributed by atoms with Crippen molar-refractivity contribution in [2.75, 3.05) is 6.54 Å². The van der Waals surface area contributed by atoms with Crippen LogP contribution in [0.1, 0.15) is 13.8 Å². The molecule has 0 bridgehead atoms. The molecule has 2 nitrogen and oxygen atoms in total. The third-order valence-corrected chi connectivity index (χ3v) is 1.22. The van der Waals surface area contributed by atoms with E-state index in [0.29, 0.717) is 0 Å². The number of hydrogen-bond donors (Lipinski definition) is 0. The highest BCUT2D eigenvalue weighted by Crippen LogP contribution is 2.27. The Balaban J connectivity index is 2.68. The van der Waals surface area contributed by atoms with Crippen molar-refractivity contribution in [3.8, 4) is 0 Å². The number of rotatable bonds is 0. The van der Waals surface area contributed by atoms with E-state index < -0.39 is 17.7 Å². The molecule has 0 aromatic rings. The second-order valence-electron chi connectivity index (χ2n) is 2.98. The van der Waals surface area contributed by atoms with Crippen LogP contribution in [0.4, 0.5) is 13.2 Å². The van der Waals surface area contributed by atoms with Crippen molar-refractivity contribution >= 4 is 5.90 Å². The number of halogens is 3. The zero-order valence-corrected chi connectivity index (χ0v) is 6.20. The minimum Gasteiger partial charge on any atom is -0.467 e. The summed E-state index contributed by atoms with van der Waals surface area (Å²) in [6, 6.07) is 0. The van der Waals surface area contributed by atoms with Crippen molar-refractivity contribution in [1.29, 1.82) is 0 Å². The zero-order valence-electron chi connectivity index (χ0n) is 6.20. The molecule has 0 atom stereocenters. The summed E-state index contributed by atoms with van der Waals surface area (Å²) in [4.78, 5) is 3.23. The van der Waals surface area contributed by atoms with Crippen molar-refractivity contribution in [3.05, 3.63) is 0 Å². The topological polar surface area (TPSA) is 21.6 Å². The van der Waals surface area contributed by atoms with E-state index in [4.69, 9.17) is 0 Å². The van der Waals surface area contributed by atoms with Gasteiger partial charge in [-0.15, -0.1) is 0 Å². The van der Waals surface area contributed by atoms with Gasteiger partial charge in [-0.05, 0) is 13.8 Å². The molecule has 0 aromatic carbocycles. The second-order valence-corrected chi connectivity index (χ2v) is 2.98. The largest absolute Gasteiger partial charge is 0.468 e. The van der Waals surface area contributed by atoms with Gasteiger partial charge in [-0.1, -0.05) is 0 Å². The molecule has 0 saturated heterocycles.